The van der Waals surface area contributed by atoms with Crippen molar-refractivity contribution >= 4 is 5.97 Å². The number of hydrogen-bond acceptors (Lipinski definition) is 8. The number of nitrogens with one attached hydrogen (secondary N) is 1. The minimum Gasteiger partial charge on any atom is -0.476 e. The largest absolute Gasteiger partial charge is 0.476 e. The summed E-state index contributed by atoms with van der Waals surface area (Å²) in [5.74, 6) is 1.37. The Kier molecular flexibility index (Phi) is 6.07. The maximum absolute atomic E-state index is 11.8. The number of nitrogens with zero attached hydrogens (tertiary/aromatic N) is 4. The average Bonchev–Trinajstić information content (AvgIpc) is 3.51. The Morgan fingerprint density at radius 3 is 2.66 bits per heavy atom. The van der Waals surface area contributed by atoms with Crippen molar-refractivity contribution in [2.75, 3.05) is 20.3 Å². The predicted molar refractivity (Wildman–Crippen MR) is 117 cm³/mol. The second-order valence-electron chi connectivity index (χ2n) is 8.65. The molecule has 0 unspecified atom stereocenters. The Balaban J connectivity index is 1.42. The number of aromatic amines is 1. The van der Waals surface area contributed by atoms with Crippen molar-refractivity contribution in [3.8, 4) is 34.5 Å². The SMILES string of the molecule is COC(=O)C(C)(C)COc1cc(C)c(-c2ccc(-c3nc(OCC4CC4)n[nH]3)cn2)cn1. The normalized spacial score (nSPS) is 13.6. The maximum atomic E-state index is 11.8. The first-order valence-electron chi connectivity index (χ1n) is 10.6. The Bertz CT molecular complexity index is 1090. The lowest BCUT2D eigenvalue weighted by Crippen LogP contribution is -2.32. The van der Waals surface area contributed by atoms with Gasteiger partial charge in [0.2, 0.25) is 5.88 Å². The Labute approximate surface area is 186 Å². The lowest BCUT2D eigenvalue weighted by atomic mass is 9.95. The molecule has 0 saturated heterocycles. The fraction of sp³-hybridized carbons (Fsp3) is 0.435. The lowest BCUT2D eigenvalue weighted by Gasteiger charge is -2.21. The zero-order valence-electron chi connectivity index (χ0n) is 18.7. The highest BCUT2D eigenvalue weighted by molar-refractivity contribution is 5.76. The molecule has 0 bridgehead atoms. The number of carbonyl (C=O) groups is 1. The van der Waals surface area contributed by atoms with Crippen LogP contribution in [0.15, 0.2) is 30.6 Å². The van der Waals surface area contributed by atoms with E-state index in [4.69, 9.17) is 14.2 Å². The number of pyridine rings is 2. The summed E-state index contributed by atoms with van der Waals surface area (Å²) in [6, 6.07) is 6.03. The molecule has 3 heterocycles. The third-order valence-corrected chi connectivity index (χ3v) is 5.33. The van der Waals surface area contributed by atoms with Gasteiger partial charge in [-0.3, -0.25) is 14.9 Å². The van der Waals surface area contributed by atoms with Crippen LogP contribution < -0.4 is 9.47 Å². The van der Waals surface area contributed by atoms with E-state index in [1.165, 1.54) is 20.0 Å². The molecular formula is C23H27N5O4. The second-order valence-corrected chi connectivity index (χ2v) is 8.65. The Morgan fingerprint density at radius 1 is 1.19 bits per heavy atom. The molecule has 0 spiro atoms. The molecule has 32 heavy (non-hydrogen) atoms. The van der Waals surface area contributed by atoms with Crippen LogP contribution in [0.1, 0.15) is 32.3 Å². The van der Waals surface area contributed by atoms with Crippen LogP contribution in [0.4, 0.5) is 0 Å². The molecule has 168 valence electrons. The van der Waals surface area contributed by atoms with Gasteiger partial charge < -0.3 is 14.2 Å². The standard InChI is InChI=1S/C23H27N5O4/c1-14-9-19(32-13-23(2,3)21(29)30-4)25-11-17(14)18-8-7-16(10-24-18)20-26-22(28-27-20)31-12-15-5-6-15/h7-11,15H,5-6,12-13H2,1-4H3,(H,26,27,28). The molecule has 9 nitrogen and oxygen atoms in total. The van der Waals surface area contributed by atoms with E-state index in [2.05, 4.69) is 25.1 Å². The summed E-state index contributed by atoms with van der Waals surface area (Å²) in [7, 11) is 1.36. The van der Waals surface area contributed by atoms with Crippen LogP contribution in [0.5, 0.6) is 11.9 Å². The molecule has 1 fully saturated rings. The Hall–Kier alpha value is -3.49. The van der Waals surface area contributed by atoms with Gasteiger partial charge in [0.15, 0.2) is 5.82 Å². The number of rotatable bonds is 9. The van der Waals surface area contributed by atoms with Gasteiger partial charge in [-0.25, -0.2) is 4.98 Å². The van der Waals surface area contributed by atoms with Crippen molar-refractivity contribution in [3.63, 3.8) is 0 Å². The smallest absolute Gasteiger partial charge is 0.335 e. The quantitative estimate of drug-likeness (QED) is 0.505. The van der Waals surface area contributed by atoms with Crippen LogP contribution in [0.25, 0.3) is 22.6 Å². The number of aryl methyl sites for hydroxylation is 1. The summed E-state index contributed by atoms with van der Waals surface area (Å²) < 4.78 is 16.1. The van der Waals surface area contributed by atoms with Gasteiger partial charge in [0.1, 0.15) is 6.61 Å². The molecule has 1 aliphatic rings. The van der Waals surface area contributed by atoms with Gasteiger partial charge in [0.05, 0.1) is 24.8 Å². The molecule has 3 aromatic heterocycles. The van der Waals surface area contributed by atoms with Gasteiger partial charge in [0.25, 0.3) is 0 Å². The molecule has 3 aromatic rings. The number of carbonyl (C=O) groups excluding carboxylic acids is 1. The number of ether oxygens (including phenoxy) is 3. The van der Waals surface area contributed by atoms with Crippen LogP contribution in [0, 0.1) is 18.3 Å². The van der Waals surface area contributed by atoms with Crippen molar-refractivity contribution in [1.29, 1.82) is 0 Å². The molecule has 0 amide bonds. The van der Waals surface area contributed by atoms with Crippen LogP contribution >= 0.6 is 0 Å². The van der Waals surface area contributed by atoms with E-state index in [1.807, 2.05) is 25.1 Å². The van der Waals surface area contributed by atoms with Gasteiger partial charge in [-0.15, -0.1) is 5.10 Å². The first-order valence-corrected chi connectivity index (χ1v) is 10.6. The summed E-state index contributed by atoms with van der Waals surface area (Å²) >= 11 is 0. The molecular weight excluding hydrogens is 410 g/mol. The molecule has 1 aliphatic carbocycles. The summed E-state index contributed by atoms with van der Waals surface area (Å²) in [5.41, 5.74) is 2.69. The van der Waals surface area contributed by atoms with E-state index in [0.717, 1.165) is 22.4 Å². The highest BCUT2D eigenvalue weighted by Gasteiger charge is 2.30. The van der Waals surface area contributed by atoms with Crippen molar-refractivity contribution < 1.29 is 19.0 Å². The van der Waals surface area contributed by atoms with Crippen molar-refractivity contribution in [2.45, 2.75) is 33.6 Å². The Morgan fingerprint density at radius 2 is 2.00 bits per heavy atom. The summed E-state index contributed by atoms with van der Waals surface area (Å²) in [5, 5.41) is 7.00. The molecule has 1 N–H and O–H groups in total. The van der Waals surface area contributed by atoms with E-state index in [0.29, 0.717) is 30.2 Å². The van der Waals surface area contributed by atoms with Crippen molar-refractivity contribution in [2.24, 2.45) is 11.3 Å². The number of aromatic nitrogens is 5. The monoisotopic (exact) mass is 437 g/mol. The van der Waals surface area contributed by atoms with Gasteiger partial charge in [-0.2, -0.15) is 4.98 Å². The molecule has 9 heteroatoms. The van der Waals surface area contributed by atoms with E-state index >= 15 is 0 Å². The van der Waals surface area contributed by atoms with Crippen LogP contribution in [-0.4, -0.2) is 51.4 Å². The van der Waals surface area contributed by atoms with E-state index < -0.39 is 5.41 Å². The zero-order chi connectivity index (χ0) is 22.7. The van der Waals surface area contributed by atoms with Crippen LogP contribution in [0.3, 0.4) is 0 Å². The summed E-state index contributed by atoms with van der Waals surface area (Å²) in [4.78, 5) is 25.1. The average molecular weight is 438 g/mol. The van der Waals surface area contributed by atoms with Gasteiger partial charge in [-0.05, 0) is 57.2 Å². The third-order valence-electron chi connectivity index (χ3n) is 5.33. The van der Waals surface area contributed by atoms with Crippen LogP contribution in [-0.2, 0) is 9.53 Å². The number of methoxy groups -OCH3 is 1. The number of H-pyrrole nitrogens is 1. The highest BCUT2D eigenvalue weighted by atomic mass is 16.5. The minimum atomic E-state index is -0.760. The molecule has 0 radical (unpaired) electrons. The molecule has 0 atom stereocenters. The molecule has 1 saturated carbocycles. The third kappa shape index (κ3) is 5.04. The fourth-order valence-corrected chi connectivity index (χ4v) is 3.08. The highest BCUT2D eigenvalue weighted by Crippen LogP contribution is 2.29. The topological polar surface area (TPSA) is 112 Å². The summed E-state index contributed by atoms with van der Waals surface area (Å²) in [6.45, 7) is 6.33. The minimum absolute atomic E-state index is 0.169. The maximum Gasteiger partial charge on any atom is 0.335 e. The first-order chi connectivity index (χ1) is 15.4. The number of esters is 1. The lowest BCUT2D eigenvalue weighted by molar-refractivity contribution is -0.152. The van der Waals surface area contributed by atoms with E-state index in [1.54, 1.807) is 26.2 Å². The fourth-order valence-electron chi connectivity index (χ4n) is 3.08. The van der Waals surface area contributed by atoms with Crippen molar-refractivity contribution in [1.82, 2.24) is 25.1 Å². The van der Waals surface area contributed by atoms with Crippen LogP contribution in [0.2, 0.25) is 0 Å². The first kappa shape index (κ1) is 21.7. The van der Waals surface area contributed by atoms with Gasteiger partial charge in [-0.1, -0.05) is 0 Å². The second kappa shape index (κ2) is 8.94. The van der Waals surface area contributed by atoms with E-state index in [-0.39, 0.29) is 12.6 Å². The zero-order valence-corrected chi connectivity index (χ0v) is 18.7. The number of hydrogen-bond donors (Lipinski definition) is 1. The summed E-state index contributed by atoms with van der Waals surface area (Å²) in [6.07, 6.45) is 5.89. The van der Waals surface area contributed by atoms with E-state index in [9.17, 15) is 4.79 Å². The molecule has 0 aliphatic heterocycles. The van der Waals surface area contributed by atoms with Gasteiger partial charge >= 0.3 is 12.0 Å². The van der Waals surface area contributed by atoms with Gasteiger partial charge in [0, 0.05) is 29.6 Å². The molecule has 0 aromatic carbocycles. The van der Waals surface area contributed by atoms with Crippen molar-refractivity contribution in [3.05, 3.63) is 36.2 Å². The predicted octanol–water partition coefficient (Wildman–Crippen LogP) is 3.60. The molecule has 4 rings (SSSR count).